The van der Waals surface area contributed by atoms with Gasteiger partial charge in [0.25, 0.3) is 5.91 Å². The maximum atomic E-state index is 12.4. The van der Waals surface area contributed by atoms with E-state index in [0.717, 1.165) is 5.56 Å². The third-order valence-corrected chi connectivity index (χ3v) is 3.06. The molecule has 0 fully saturated rings. The Morgan fingerprint density at radius 3 is 2.62 bits per heavy atom. The van der Waals surface area contributed by atoms with Crippen LogP contribution in [0.2, 0.25) is 0 Å². The van der Waals surface area contributed by atoms with E-state index in [1.54, 1.807) is 25.3 Å². The van der Waals surface area contributed by atoms with Crippen molar-refractivity contribution >= 4 is 17.3 Å². The molecule has 0 atom stereocenters. The number of amides is 1. The molecule has 5 heteroatoms. The lowest BCUT2D eigenvalue weighted by Gasteiger charge is -2.13. The summed E-state index contributed by atoms with van der Waals surface area (Å²) in [6.07, 6.45) is 0. The second kappa shape index (κ2) is 6.76. The first-order valence-electron chi connectivity index (χ1n) is 6.48. The van der Waals surface area contributed by atoms with Gasteiger partial charge < -0.3 is 20.5 Å². The second-order valence-electron chi connectivity index (χ2n) is 4.47. The standard InChI is InChI=1S/C16H18N2O3/c1-20-10-11-6-3-4-9-14(11)18-16(19)12-7-5-8-13(17)15(12)21-2/h3-9H,10,17H2,1-2H3,(H,18,19). The number of ether oxygens (including phenoxy) is 2. The van der Waals surface area contributed by atoms with E-state index in [9.17, 15) is 4.79 Å². The van der Waals surface area contributed by atoms with E-state index in [-0.39, 0.29) is 5.91 Å². The predicted octanol–water partition coefficient (Wildman–Crippen LogP) is 2.68. The molecular weight excluding hydrogens is 268 g/mol. The molecule has 0 aliphatic heterocycles. The van der Waals surface area contributed by atoms with Gasteiger partial charge in [-0.05, 0) is 18.2 Å². The van der Waals surface area contributed by atoms with E-state index in [0.29, 0.717) is 29.3 Å². The van der Waals surface area contributed by atoms with Gasteiger partial charge in [-0.3, -0.25) is 4.79 Å². The van der Waals surface area contributed by atoms with Crippen LogP contribution in [0.3, 0.4) is 0 Å². The SMILES string of the molecule is COCc1ccccc1NC(=O)c1cccc(N)c1OC. The molecule has 0 spiro atoms. The molecule has 0 saturated heterocycles. The summed E-state index contributed by atoms with van der Waals surface area (Å²) >= 11 is 0. The van der Waals surface area contributed by atoms with Gasteiger partial charge in [-0.25, -0.2) is 0 Å². The second-order valence-corrected chi connectivity index (χ2v) is 4.47. The number of hydrogen-bond donors (Lipinski definition) is 2. The number of para-hydroxylation sites is 2. The highest BCUT2D eigenvalue weighted by Gasteiger charge is 2.15. The average molecular weight is 286 g/mol. The molecule has 0 saturated carbocycles. The quantitative estimate of drug-likeness (QED) is 0.829. The fourth-order valence-electron chi connectivity index (χ4n) is 2.07. The first kappa shape index (κ1) is 14.9. The third-order valence-electron chi connectivity index (χ3n) is 3.06. The lowest BCUT2D eigenvalue weighted by atomic mass is 10.1. The van der Waals surface area contributed by atoms with E-state index < -0.39 is 0 Å². The minimum absolute atomic E-state index is 0.275. The Labute approximate surface area is 123 Å². The number of rotatable bonds is 5. The molecule has 0 heterocycles. The molecule has 21 heavy (non-hydrogen) atoms. The first-order valence-corrected chi connectivity index (χ1v) is 6.48. The zero-order valence-corrected chi connectivity index (χ0v) is 12.1. The number of benzene rings is 2. The van der Waals surface area contributed by atoms with Crippen LogP contribution in [0.5, 0.6) is 5.75 Å². The Kier molecular flexibility index (Phi) is 4.79. The van der Waals surface area contributed by atoms with Gasteiger partial charge in [-0.15, -0.1) is 0 Å². The van der Waals surface area contributed by atoms with Crippen molar-refractivity contribution in [3.8, 4) is 5.75 Å². The largest absolute Gasteiger partial charge is 0.494 e. The van der Waals surface area contributed by atoms with Gasteiger partial charge in [0.15, 0.2) is 5.75 Å². The minimum atomic E-state index is -0.275. The van der Waals surface area contributed by atoms with Crippen LogP contribution in [0.4, 0.5) is 11.4 Å². The summed E-state index contributed by atoms with van der Waals surface area (Å²) in [5.41, 5.74) is 8.24. The summed E-state index contributed by atoms with van der Waals surface area (Å²) in [5, 5.41) is 2.86. The number of nitrogen functional groups attached to an aromatic ring is 1. The number of carbonyl (C=O) groups excluding carboxylic acids is 1. The third kappa shape index (κ3) is 3.32. The molecule has 110 valence electrons. The predicted molar refractivity (Wildman–Crippen MR) is 82.5 cm³/mol. The Hall–Kier alpha value is -2.53. The van der Waals surface area contributed by atoms with Crippen molar-refractivity contribution in [2.75, 3.05) is 25.3 Å². The van der Waals surface area contributed by atoms with Gasteiger partial charge in [-0.1, -0.05) is 24.3 Å². The van der Waals surface area contributed by atoms with E-state index in [2.05, 4.69) is 5.32 Å². The van der Waals surface area contributed by atoms with Crippen LogP contribution in [0.25, 0.3) is 0 Å². The normalized spacial score (nSPS) is 10.2. The number of methoxy groups -OCH3 is 2. The van der Waals surface area contributed by atoms with Crippen molar-refractivity contribution in [3.05, 3.63) is 53.6 Å². The molecule has 0 unspecified atom stereocenters. The number of anilines is 2. The van der Waals surface area contributed by atoms with Gasteiger partial charge in [0, 0.05) is 18.4 Å². The average Bonchev–Trinajstić information content (AvgIpc) is 2.49. The molecule has 0 aliphatic rings. The Bertz CT molecular complexity index is 641. The molecule has 5 nitrogen and oxygen atoms in total. The number of carbonyl (C=O) groups is 1. The zero-order chi connectivity index (χ0) is 15.2. The highest BCUT2D eigenvalue weighted by atomic mass is 16.5. The van der Waals surface area contributed by atoms with E-state index >= 15 is 0 Å². The molecule has 3 N–H and O–H groups in total. The smallest absolute Gasteiger partial charge is 0.259 e. The van der Waals surface area contributed by atoms with Crippen LogP contribution >= 0.6 is 0 Å². The van der Waals surface area contributed by atoms with Crippen LogP contribution in [-0.2, 0) is 11.3 Å². The van der Waals surface area contributed by atoms with Crippen molar-refractivity contribution in [3.63, 3.8) is 0 Å². The summed E-state index contributed by atoms with van der Waals surface area (Å²) in [4.78, 5) is 12.4. The Morgan fingerprint density at radius 2 is 1.90 bits per heavy atom. The highest BCUT2D eigenvalue weighted by Crippen LogP contribution is 2.27. The number of hydrogen-bond acceptors (Lipinski definition) is 4. The maximum Gasteiger partial charge on any atom is 0.259 e. The maximum absolute atomic E-state index is 12.4. The number of nitrogens with two attached hydrogens (primary N) is 1. The molecule has 0 aromatic heterocycles. The van der Waals surface area contributed by atoms with Gasteiger partial charge in [-0.2, -0.15) is 0 Å². The van der Waals surface area contributed by atoms with Crippen molar-refractivity contribution in [1.29, 1.82) is 0 Å². The lowest BCUT2D eigenvalue weighted by molar-refractivity contribution is 0.102. The van der Waals surface area contributed by atoms with Crippen molar-refractivity contribution in [2.24, 2.45) is 0 Å². The Morgan fingerprint density at radius 1 is 1.14 bits per heavy atom. The molecule has 2 aromatic rings. The first-order chi connectivity index (χ1) is 10.2. The van der Waals surface area contributed by atoms with Crippen LogP contribution in [-0.4, -0.2) is 20.1 Å². The molecule has 0 aliphatic carbocycles. The summed E-state index contributed by atoms with van der Waals surface area (Å²) in [7, 11) is 3.10. The van der Waals surface area contributed by atoms with Crippen LogP contribution < -0.4 is 15.8 Å². The molecule has 0 bridgehead atoms. The summed E-state index contributed by atoms with van der Waals surface area (Å²) in [5.74, 6) is 0.0990. The molecule has 0 radical (unpaired) electrons. The highest BCUT2D eigenvalue weighted by molar-refractivity contribution is 6.07. The van der Waals surface area contributed by atoms with Gasteiger partial charge >= 0.3 is 0 Å². The summed E-state index contributed by atoms with van der Waals surface area (Å²) in [6, 6.07) is 12.5. The van der Waals surface area contributed by atoms with Crippen molar-refractivity contribution in [1.82, 2.24) is 0 Å². The lowest BCUT2D eigenvalue weighted by Crippen LogP contribution is -2.15. The number of nitrogens with one attached hydrogen (secondary N) is 1. The van der Waals surface area contributed by atoms with Gasteiger partial charge in [0.2, 0.25) is 0 Å². The summed E-state index contributed by atoms with van der Waals surface area (Å²) in [6.45, 7) is 0.421. The molecule has 2 rings (SSSR count). The monoisotopic (exact) mass is 286 g/mol. The summed E-state index contributed by atoms with van der Waals surface area (Å²) < 4.78 is 10.3. The van der Waals surface area contributed by atoms with Crippen molar-refractivity contribution < 1.29 is 14.3 Å². The van der Waals surface area contributed by atoms with Crippen LogP contribution in [0.15, 0.2) is 42.5 Å². The Balaban J connectivity index is 2.29. The fraction of sp³-hybridized carbons (Fsp3) is 0.188. The molecular formula is C16H18N2O3. The molecule has 1 amide bonds. The minimum Gasteiger partial charge on any atom is -0.494 e. The fourth-order valence-corrected chi connectivity index (χ4v) is 2.07. The van der Waals surface area contributed by atoms with E-state index in [1.807, 2.05) is 24.3 Å². The van der Waals surface area contributed by atoms with Crippen LogP contribution in [0, 0.1) is 0 Å². The van der Waals surface area contributed by atoms with E-state index in [4.69, 9.17) is 15.2 Å². The van der Waals surface area contributed by atoms with Gasteiger partial charge in [0.1, 0.15) is 0 Å². The topological polar surface area (TPSA) is 73.6 Å². The van der Waals surface area contributed by atoms with Crippen molar-refractivity contribution in [2.45, 2.75) is 6.61 Å². The zero-order valence-electron chi connectivity index (χ0n) is 12.1. The molecule has 2 aromatic carbocycles. The van der Waals surface area contributed by atoms with Crippen LogP contribution in [0.1, 0.15) is 15.9 Å². The van der Waals surface area contributed by atoms with E-state index in [1.165, 1.54) is 7.11 Å². The van der Waals surface area contributed by atoms with Gasteiger partial charge in [0.05, 0.1) is 25.0 Å².